The molecule has 6 heteroatoms. The molecule has 3 atom stereocenters. The van der Waals surface area contributed by atoms with Gasteiger partial charge in [0, 0.05) is 38.7 Å². The molecule has 4 aliphatic rings. The molecule has 2 saturated heterocycles. The van der Waals surface area contributed by atoms with Gasteiger partial charge in [-0.2, -0.15) is 0 Å². The van der Waals surface area contributed by atoms with Gasteiger partial charge < -0.3 is 23.7 Å². The topological polar surface area (TPSA) is 63.2 Å². The Morgan fingerprint density at radius 1 is 0.929 bits per heavy atom. The summed E-state index contributed by atoms with van der Waals surface area (Å²) in [5.74, 6) is -2.82. The SMILES string of the molecule is CC.COC1(O[C@@H]2CO[C@]3(COC4(CCCCC4)O3)C(=O)[C@@H]2C)CCCCC1. The lowest BCUT2D eigenvalue weighted by Crippen LogP contribution is -2.59. The van der Waals surface area contributed by atoms with Gasteiger partial charge in [-0.05, 0) is 25.7 Å². The molecule has 28 heavy (non-hydrogen) atoms. The van der Waals surface area contributed by atoms with Crippen LogP contribution in [0, 0.1) is 5.92 Å². The Labute approximate surface area is 169 Å². The third kappa shape index (κ3) is 4.17. The molecule has 2 aliphatic carbocycles. The van der Waals surface area contributed by atoms with Gasteiger partial charge in [0.25, 0.3) is 5.79 Å². The zero-order chi connectivity index (χ0) is 20.3. The van der Waals surface area contributed by atoms with Gasteiger partial charge in [0.05, 0.1) is 12.7 Å². The number of ketones is 1. The highest BCUT2D eigenvalue weighted by molar-refractivity contribution is 5.89. The van der Waals surface area contributed by atoms with Crippen LogP contribution < -0.4 is 0 Å². The number of rotatable bonds is 3. The molecule has 2 spiro atoms. The molecule has 0 aromatic rings. The third-order valence-electron chi connectivity index (χ3n) is 6.67. The minimum Gasteiger partial charge on any atom is -0.353 e. The fourth-order valence-corrected chi connectivity index (χ4v) is 4.94. The molecule has 0 unspecified atom stereocenters. The standard InChI is InChI=1S/C20H32O6.C2H6/c1-15-16(25-18(22-2)9-5-3-6-10-18)13-23-20(17(15)21)14-24-19(26-20)11-7-4-8-12-19;1-2/h15-16H,3-14H2,1-2H3;1-2H3/t15-,16-,20+;/m1./s1. The van der Waals surface area contributed by atoms with E-state index < -0.39 is 17.4 Å². The first kappa shape index (κ1) is 22.2. The summed E-state index contributed by atoms with van der Waals surface area (Å²) in [5.41, 5.74) is 0. The van der Waals surface area contributed by atoms with Crippen LogP contribution in [0.25, 0.3) is 0 Å². The molecule has 2 saturated carbocycles. The highest BCUT2D eigenvalue weighted by Gasteiger charge is 2.60. The molecule has 162 valence electrons. The maximum atomic E-state index is 13.2. The molecule has 2 aliphatic heterocycles. The van der Waals surface area contributed by atoms with E-state index >= 15 is 0 Å². The highest BCUT2D eigenvalue weighted by Crippen LogP contribution is 2.46. The van der Waals surface area contributed by atoms with Crippen LogP contribution in [0.3, 0.4) is 0 Å². The molecule has 0 aromatic heterocycles. The van der Waals surface area contributed by atoms with Crippen molar-refractivity contribution in [1.29, 1.82) is 0 Å². The summed E-state index contributed by atoms with van der Waals surface area (Å²) < 4.78 is 30.3. The van der Waals surface area contributed by atoms with Crippen LogP contribution >= 0.6 is 0 Å². The zero-order valence-corrected chi connectivity index (χ0v) is 18.1. The highest BCUT2D eigenvalue weighted by atomic mass is 16.8. The minimum absolute atomic E-state index is 0.0572. The van der Waals surface area contributed by atoms with Crippen LogP contribution in [0.15, 0.2) is 0 Å². The van der Waals surface area contributed by atoms with Crippen molar-refractivity contribution in [3.63, 3.8) is 0 Å². The monoisotopic (exact) mass is 398 g/mol. The lowest BCUT2D eigenvalue weighted by atomic mass is 9.89. The van der Waals surface area contributed by atoms with Crippen LogP contribution in [-0.4, -0.2) is 49.6 Å². The quantitative estimate of drug-likeness (QED) is 0.659. The lowest BCUT2D eigenvalue weighted by molar-refractivity contribution is -0.314. The predicted molar refractivity (Wildman–Crippen MR) is 105 cm³/mol. The van der Waals surface area contributed by atoms with Crippen molar-refractivity contribution < 1.29 is 28.5 Å². The van der Waals surface area contributed by atoms with Gasteiger partial charge in [-0.25, -0.2) is 0 Å². The van der Waals surface area contributed by atoms with E-state index in [-0.39, 0.29) is 24.4 Å². The van der Waals surface area contributed by atoms with E-state index in [0.29, 0.717) is 6.61 Å². The first-order valence-electron chi connectivity index (χ1n) is 11.3. The van der Waals surface area contributed by atoms with Crippen molar-refractivity contribution in [1.82, 2.24) is 0 Å². The second kappa shape index (κ2) is 9.09. The van der Waals surface area contributed by atoms with Gasteiger partial charge in [0.15, 0.2) is 17.4 Å². The first-order chi connectivity index (χ1) is 13.5. The van der Waals surface area contributed by atoms with Crippen LogP contribution in [0.4, 0.5) is 0 Å². The Kier molecular flexibility index (Phi) is 7.19. The van der Waals surface area contributed by atoms with E-state index in [9.17, 15) is 4.79 Å². The van der Waals surface area contributed by atoms with E-state index in [1.54, 1.807) is 7.11 Å². The summed E-state index contributed by atoms with van der Waals surface area (Å²) in [6, 6.07) is 0. The summed E-state index contributed by atoms with van der Waals surface area (Å²) in [5, 5.41) is 0. The molecule has 2 heterocycles. The maximum Gasteiger partial charge on any atom is 0.256 e. The fraction of sp³-hybridized carbons (Fsp3) is 0.955. The normalized spacial score (nSPS) is 36.9. The van der Waals surface area contributed by atoms with Crippen molar-refractivity contribution in [2.45, 2.75) is 108 Å². The number of hydrogen-bond acceptors (Lipinski definition) is 6. The number of carbonyl (C=O) groups is 1. The number of hydrogen-bond donors (Lipinski definition) is 0. The molecule has 0 bridgehead atoms. The van der Waals surface area contributed by atoms with Crippen molar-refractivity contribution >= 4 is 5.78 Å². The van der Waals surface area contributed by atoms with Gasteiger partial charge in [0.2, 0.25) is 0 Å². The largest absolute Gasteiger partial charge is 0.353 e. The summed E-state index contributed by atoms with van der Waals surface area (Å²) in [7, 11) is 1.70. The average Bonchev–Trinajstić information content (AvgIpc) is 3.10. The molecule has 0 radical (unpaired) electrons. The molecular formula is C22H38O6. The molecule has 0 N–H and O–H groups in total. The summed E-state index contributed by atoms with van der Waals surface area (Å²) >= 11 is 0. The van der Waals surface area contributed by atoms with Crippen molar-refractivity contribution in [3.8, 4) is 0 Å². The summed E-state index contributed by atoms with van der Waals surface area (Å²) in [4.78, 5) is 13.2. The van der Waals surface area contributed by atoms with Gasteiger partial charge in [-0.15, -0.1) is 0 Å². The molecule has 4 rings (SSSR count). The molecule has 0 aromatic carbocycles. The van der Waals surface area contributed by atoms with Crippen molar-refractivity contribution in [3.05, 3.63) is 0 Å². The van der Waals surface area contributed by atoms with E-state index in [0.717, 1.165) is 51.4 Å². The van der Waals surface area contributed by atoms with Gasteiger partial charge in [0.1, 0.15) is 6.61 Å². The fourth-order valence-electron chi connectivity index (χ4n) is 4.94. The number of methoxy groups -OCH3 is 1. The van der Waals surface area contributed by atoms with Crippen LogP contribution in [0.2, 0.25) is 0 Å². The van der Waals surface area contributed by atoms with Crippen LogP contribution in [0.5, 0.6) is 0 Å². The van der Waals surface area contributed by atoms with E-state index in [4.69, 9.17) is 23.7 Å². The van der Waals surface area contributed by atoms with E-state index in [1.165, 1.54) is 12.8 Å². The molecule has 0 amide bonds. The zero-order valence-electron chi connectivity index (χ0n) is 18.1. The Hall–Kier alpha value is -0.530. The van der Waals surface area contributed by atoms with Crippen LogP contribution in [-0.2, 0) is 28.5 Å². The minimum atomic E-state index is -1.25. The summed E-state index contributed by atoms with van der Waals surface area (Å²) in [6.45, 7) is 6.44. The van der Waals surface area contributed by atoms with Crippen molar-refractivity contribution in [2.24, 2.45) is 5.92 Å². The average molecular weight is 399 g/mol. The van der Waals surface area contributed by atoms with Crippen molar-refractivity contribution in [2.75, 3.05) is 20.3 Å². The number of carbonyl (C=O) groups excluding carboxylic acids is 1. The Morgan fingerprint density at radius 3 is 2.14 bits per heavy atom. The predicted octanol–water partition coefficient (Wildman–Crippen LogP) is 4.34. The second-order valence-corrected chi connectivity index (χ2v) is 8.41. The Morgan fingerprint density at radius 2 is 1.54 bits per heavy atom. The van der Waals surface area contributed by atoms with Gasteiger partial charge in [-0.1, -0.05) is 33.6 Å². The van der Waals surface area contributed by atoms with Gasteiger partial charge in [-0.3, -0.25) is 4.79 Å². The number of Topliss-reactive ketones (excluding diaryl/α,β-unsaturated/α-hetero) is 1. The Bertz CT molecular complexity index is 523. The Balaban J connectivity index is 0.00000109. The lowest BCUT2D eigenvalue weighted by Gasteiger charge is -2.44. The number of ether oxygens (including phenoxy) is 5. The van der Waals surface area contributed by atoms with Crippen LogP contribution in [0.1, 0.15) is 85.0 Å². The molecule has 6 nitrogen and oxygen atoms in total. The maximum absolute atomic E-state index is 13.2. The third-order valence-corrected chi connectivity index (χ3v) is 6.67. The van der Waals surface area contributed by atoms with E-state index in [2.05, 4.69) is 0 Å². The molecule has 4 fully saturated rings. The summed E-state index contributed by atoms with van der Waals surface area (Å²) in [6.07, 6.45) is 9.84. The van der Waals surface area contributed by atoms with Gasteiger partial charge >= 0.3 is 0 Å². The second-order valence-electron chi connectivity index (χ2n) is 8.41. The smallest absolute Gasteiger partial charge is 0.256 e. The first-order valence-corrected chi connectivity index (χ1v) is 11.3. The molecular weight excluding hydrogens is 360 g/mol. The van der Waals surface area contributed by atoms with E-state index in [1.807, 2.05) is 20.8 Å².